The van der Waals surface area contributed by atoms with Crippen LogP contribution < -0.4 is 11.1 Å². The predicted octanol–water partition coefficient (Wildman–Crippen LogP) is 1.75. The van der Waals surface area contributed by atoms with Gasteiger partial charge in [-0.3, -0.25) is 4.79 Å². The van der Waals surface area contributed by atoms with Gasteiger partial charge >= 0.3 is 0 Å². The Morgan fingerprint density at radius 3 is 2.38 bits per heavy atom. The number of nitrogens with two attached hydrogens (primary N) is 1. The Hall–Kier alpha value is -1.15. The summed E-state index contributed by atoms with van der Waals surface area (Å²) >= 11 is 0. The predicted molar refractivity (Wildman–Crippen MR) is 96.9 cm³/mol. The van der Waals surface area contributed by atoms with Crippen molar-refractivity contribution in [1.82, 2.24) is 9.62 Å². The van der Waals surface area contributed by atoms with E-state index in [0.29, 0.717) is 13.1 Å². The number of carbonyl (C=O) groups excluding carboxylic acids is 1. The van der Waals surface area contributed by atoms with Crippen molar-refractivity contribution >= 4 is 28.3 Å². The molecule has 1 aromatic carbocycles. The van der Waals surface area contributed by atoms with Gasteiger partial charge in [0.1, 0.15) is 0 Å². The summed E-state index contributed by atoms with van der Waals surface area (Å²) in [6.07, 6.45) is 2.75. The molecule has 1 aromatic rings. The van der Waals surface area contributed by atoms with Crippen LogP contribution in [0.2, 0.25) is 0 Å². The molecule has 6 nitrogen and oxygen atoms in total. The van der Waals surface area contributed by atoms with Crippen molar-refractivity contribution in [1.29, 1.82) is 0 Å². The molecule has 1 heterocycles. The first kappa shape index (κ1) is 20.9. The van der Waals surface area contributed by atoms with Gasteiger partial charge in [0, 0.05) is 25.2 Å². The number of nitrogens with one attached hydrogen (secondary N) is 1. The van der Waals surface area contributed by atoms with Gasteiger partial charge in [-0.2, -0.15) is 4.31 Å². The number of sulfonamides is 1. The third-order valence-electron chi connectivity index (χ3n) is 3.77. The third-order valence-corrected chi connectivity index (χ3v) is 5.73. The molecule has 0 spiro atoms. The van der Waals surface area contributed by atoms with E-state index in [4.69, 9.17) is 5.73 Å². The van der Waals surface area contributed by atoms with E-state index in [-0.39, 0.29) is 29.4 Å². The second-order valence-corrected chi connectivity index (χ2v) is 8.54. The number of rotatable bonds is 5. The molecule has 0 atom stereocenters. The molecule has 1 saturated heterocycles. The van der Waals surface area contributed by atoms with Crippen molar-refractivity contribution < 1.29 is 13.2 Å². The molecule has 0 radical (unpaired) electrons. The minimum absolute atomic E-state index is 0. The normalized spacial score (nSPS) is 16.3. The SMILES string of the molecule is CC(C)(N)CNC(=O)c1ccccc1S(=O)(=O)N1CCCCC1.Cl. The van der Waals surface area contributed by atoms with Gasteiger partial charge in [0.15, 0.2) is 0 Å². The maximum atomic E-state index is 12.8. The minimum Gasteiger partial charge on any atom is -0.350 e. The lowest BCUT2D eigenvalue weighted by Gasteiger charge is -2.27. The highest BCUT2D eigenvalue weighted by Gasteiger charge is 2.29. The standard InChI is InChI=1S/C16H25N3O3S.ClH/c1-16(2,17)12-18-15(20)13-8-4-5-9-14(13)23(21,22)19-10-6-3-7-11-19;/h4-5,8-9H,3,6-7,10-12,17H2,1-2H3,(H,18,20);1H. The van der Waals surface area contributed by atoms with Gasteiger partial charge in [-0.05, 0) is 38.8 Å². The maximum Gasteiger partial charge on any atom is 0.252 e. The van der Waals surface area contributed by atoms with Crippen molar-refractivity contribution in [3.05, 3.63) is 29.8 Å². The van der Waals surface area contributed by atoms with Crippen LogP contribution in [-0.2, 0) is 10.0 Å². The fourth-order valence-corrected chi connectivity index (χ4v) is 4.23. The zero-order valence-corrected chi connectivity index (χ0v) is 15.8. The number of benzene rings is 1. The molecular weight excluding hydrogens is 350 g/mol. The third kappa shape index (κ3) is 5.17. The number of hydrogen-bond donors (Lipinski definition) is 2. The number of nitrogens with zero attached hydrogens (tertiary/aromatic N) is 1. The first-order valence-corrected chi connectivity index (χ1v) is 9.32. The Labute approximate surface area is 150 Å². The molecule has 0 aromatic heterocycles. The van der Waals surface area contributed by atoms with Crippen LogP contribution in [0.5, 0.6) is 0 Å². The van der Waals surface area contributed by atoms with Crippen LogP contribution in [0.3, 0.4) is 0 Å². The summed E-state index contributed by atoms with van der Waals surface area (Å²) in [4.78, 5) is 12.5. The van der Waals surface area contributed by atoms with E-state index in [1.54, 1.807) is 26.0 Å². The quantitative estimate of drug-likeness (QED) is 0.819. The fraction of sp³-hybridized carbons (Fsp3) is 0.562. The van der Waals surface area contributed by atoms with Crippen molar-refractivity contribution in [2.24, 2.45) is 5.73 Å². The summed E-state index contributed by atoms with van der Waals surface area (Å²) in [7, 11) is -3.65. The van der Waals surface area contributed by atoms with Crippen LogP contribution in [0.1, 0.15) is 43.5 Å². The van der Waals surface area contributed by atoms with Crippen molar-refractivity contribution in [2.75, 3.05) is 19.6 Å². The Kier molecular flexibility index (Phi) is 7.22. The Bertz CT molecular complexity index is 665. The number of hydrogen-bond acceptors (Lipinski definition) is 4. The minimum atomic E-state index is -3.65. The molecule has 1 aliphatic rings. The van der Waals surface area contributed by atoms with Crippen LogP contribution in [-0.4, -0.2) is 43.8 Å². The molecular formula is C16H26ClN3O3S. The summed E-state index contributed by atoms with van der Waals surface area (Å²) in [5.41, 5.74) is 5.47. The Balaban J connectivity index is 0.00000288. The molecule has 2 rings (SSSR count). The number of carbonyl (C=O) groups is 1. The van der Waals surface area contributed by atoms with Crippen molar-refractivity contribution in [3.8, 4) is 0 Å². The van der Waals surface area contributed by atoms with Gasteiger partial charge in [0.05, 0.1) is 10.5 Å². The van der Waals surface area contributed by atoms with Gasteiger partial charge in [-0.15, -0.1) is 12.4 Å². The van der Waals surface area contributed by atoms with Gasteiger partial charge in [0.25, 0.3) is 5.91 Å². The van der Waals surface area contributed by atoms with Gasteiger partial charge in [0.2, 0.25) is 10.0 Å². The van der Waals surface area contributed by atoms with Crippen molar-refractivity contribution in [3.63, 3.8) is 0 Å². The van der Waals surface area contributed by atoms with Gasteiger partial charge in [-0.25, -0.2) is 8.42 Å². The van der Waals surface area contributed by atoms with E-state index in [0.717, 1.165) is 19.3 Å². The smallest absolute Gasteiger partial charge is 0.252 e. The first-order valence-electron chi connectivity index (χ1n) is 7.88. The molecule has 0 unspecified atom stereocenters. The summed E-state index contributed by atoms with van der Waals surface area (Å²) in [5, 5.41) is 2.71. The molecule has 0 saturated carbocycles. The lowest BCUT2D eigenvalue weighted by atomic mass is 10.1. The highest BCUT2D eigenvalue weighted by atomic mass is 35.5. The first-order chi connectivity index (χ1) is 10.7. The average Bonchev–Trinajstić information content (AvgIpc) is 2.53. The second-order valence-electron chi connectivity index (χ2n) is 6.63. The van der Waals surface area contributed by atoms with Gasteiger partial charge in [-0.1, -0.05) is 18.6 Å². The number of halogens is 1. The van der Waals surface area contributed by atoms with E-state index < -0.39 is 21.5 Å². The topological polar surface area (TPSA) is 92.5 Å². The lowest BCUT2D eigenvalue weighted by Crippen LogP contribution is -2.45. The van der Waals surface area contributed by atoms with Crippen molar-refractivity contribution in [2.45, 2.75) is 43.5 Å². The largest absolute Gasteiger partial charge is 0.350 e. The molecule has 1 amide bonds. The Morgan fingerprint density at radius 2 is 1.79 bits per heavy atom. The Morgan fingerprint density at radius 1 is 1.21 bits per heavy atom. The van der Waals surface area contributed by atoms with Crippen LogP contribution >= 0.6 is 12.4 Å². The fourth-order valence-electron chi connectivity index (χ4n) is 2.53. The average molecular weight is 376 g/mol. The molecule has 0 bridgehead atoms. The second kappa shape index (κ2) is 8.29. The molecule has 1 fully saturated rings. The van der Waals surface area contributed by atoms with Crippen LogP contribution in [0.4, 0.5) is 0 Å². The maximum absolute atomic E-state index is 12.8. The molecule has 0 aliphatic carbocycles. The molecule has 8 heteroatoms. The van der Waals surface area contributed by atoms with E-state index >= 15 is 0 Å². The zero-order valence-electron chi connectivity index (χ0n) is 14.1. The van der Waals surface area contributed by atoms with Crippen LogP contribution in [0.15, 0.2) is 29.2 Å². The molecule has 3 N–H and O–H groups in total. The molecule has 1 aliphatic heterocycles. The lowest BCUT2D eigenvalue weighted by molar-refractivity contribution is 0.0942. The van der Waals surface area contributed by atoms with Gasteiger partial charge < -0.3 is 11.1 Å². The molecule has 24 heavy (non-hydrogen) atoms. The zero-order chi connectivity index (χ0) is 17.1. The molecule has 136 valence electrons. The summed E-state index contributed by atoms with van der Waals surface area (Å²) in [5.74, 6) is -0.417. The highest BCUT2D eigenvalue weighted by Crippen LogP contribution is 2.23. The summed E-state index contributed by atoms with van der Waals surface area (Å²) in [6.45, 7) is 4.87. The van der Waals surface area contributed by atoms with E-state index in [1.807, 2.05) is 0 Å². The monoisotopic (exact) mass is 375 g/mol. The van der Waals surface area contributed by atoms with E-state index in [2.05, 4.69) is 5.32 Å². The highest BCUT2D eigenvalue weighted by molar-refractivity contribution is 7.89. The summed E-state index contributed by atoms with van der Waals surface area (Å²) in [6, 6.07) is 6.33. The van der Waals surface area contributed by atoms with Crippen LogP contribution in [0.25, 0.3) is 0 Å². The summed E-state index contributed by atoms with van der Waals surface area (Å²) < 4.78 is 27.1. The van der Waals surface area contributed by atoms with E-state index in [1.165, 1.54) is 16.4 Å². The number of piperidine rings is 1. The number of amides is 1. The van der Waals surface area contributed by atoms with Crippen LogP contribution in [0, 0.1) is 0 Å². The van der Waals surface area contributed by atoms with E-state index in [9.17, 15) is 13.2 Å².